The Bertz CT molecular complexity index is 489. The average Bonchev–Trinajstić information content (AvgIpc) is 2.18. The molecule has 15 heavy (non-hydrogen) atoms. The van der Waals surface area contributed by atoms with Crippen LogP contribution in [0, 0.1) is 0 Å². The van der Waals surface area contributed by atoms with E-state index >= 15 is 0 Å². The van der Waals surface area contributed by atoms with E-state index in [-0.39, 0.29) is 0 Å². The van der Waals surface area contributed by atoms with E-state index in [0.29, 0.717) is 15.7 Å². The molecule has 1 rings (SSSR count). The van der Waals surface area contributed by atoms with E-state index in [1.165, 1.54) is 0 Å². The Balaban J connectivity index is 2.67. The zero-order valence-electron chi connectivity index (χ0n) is 7.31. The molecule has 0 saturated carbocycles. The number of carbonyl (C=O) groups is 1. The molecule has 0 bridgehead atoms. The Morgan fingerprint density at radius 3 is 2.67 bits per heavy atom. The van der Waals surface area contributed by atoms with Gasteiger partial charge in [0.1, 0.15) is 11.2 Å². The maximum Gasteiger partial charge on any atom is 0.417 e. The number of hydrogen-bond acceptors (Lipinski definition) is 4. The first-order valence-electron chi connectivity index (χ1n) is 3.74. The van der Waals surface area contributed by atoms with Gasteiger partial charge in [0.15, 0.2) is 0 Å². The number of rotatable bonds is 2. The summed E-state index contributed by atoms with van der Waals surface area (Å²) < 4.78 is 25.6. The number of ether oxygens (including phenoxy) is 1. The molecule has 0 aliphatic heterocycles. The van der Waals surface area contributed by atoms with Gasteiger partial charge in [-0.2, -0.15) is 8.42 Å². The second-order valence-corrected chi connectivity index (χ2v) is 3.95. The normalized spacial score (nSPS) is 9.13. The summed E-state index contributed by atoms with van der Waals surface area (Å²) >= 11 is 3.17. The van der Waals surface area contributed by atoms with Gasteiger partial charge in [0.05, 0.1) is 4.47 Å². The van der Waals surface area contributed by atoms with Crippen LogP contribution in [-0.4, -0.2) is 20.0 Å². The highest BCUT2D eigenvalue weighted by molar-refractivity contribution is 9.10. The Morgan fingerprint density at radius 2 is 2.07 bits per heavy atom. The van der Waals surface area contributed by atoms with E-state index in [1.54, 1.807) is 24.3 Å². The summed E-state index contributed by atoms with van der Waals surface area (Å²) in [6.07, 6.45) is -0.869. The standard InChI is InChI=1S/C8H6BrNO4S/c9-6-3-1-2-4-7(6)14-8(11)10-5-15(12)13/h1-5H,(H,10,11). The fraction of sp³-hybridized carbons (Fsp3) is 0. The van der Waals surface area contributed by atoms with Gasteiger partial charge in [0, 0.05) is 0 Å². The Hall–Kier alpha value is -1.34. The highest BCUT2D eigenvalue weighted by Gasteiger charge is 2.04. The van der Waals surface area contributed by atoms with Crippen LogP contribution in [0.3, 0.4) is 0 Å². The first-order valence-corrected chi connectivity index (χ1v) is 5.67. The van der Waals surface area contributed by atoms with Crippen LogP contribution in [0.25, 0.3) is 0 Å². The molecule has 0 aliphatic carbocycles. The van der Waals surface area contributed by atoms with Crippen molar-refractivity contribution < 1.29 is 17.9 Å². The molecule has 1 N–H and O–H groups in total. The van der Waals surface area contributed by atoms with Gasteiger partial charge in [-0.05, 0) is 28.1 Å². The highest BCUT2D eigenvalue weighted by atomic mass is 79.9. The molecule has 80 valence electrons. The summed E-state index contributed by atoms with van der Waals surface area (Å²) in [6.45, 7) is 0. The first-order chi connectivity index (χ1) is 7.09. The van der Waals surface area contributed by atoms with Crippen molar-refractivity contribution in [2.75, 3.05) is 0 Å². The molecular weight excluding hydrogens is 286 g/mol. The molecule has 0 radical (unpaired) electrons. The van der Waals surface area contributed by atoms with E-state index in [9.17, 15) is 13.2 Å². The Morgan fingerprint density at radius 1 is 1.40 bits per heavy atom. The molecule has 1 aromatic rings. The molecule has 7 heteroatoms. The Labute approximate surface area is 95.7 Å². The van der Waals surface area contributed by atoms with Crippen molar-refractivity contribution in [1.82, 2.24) is 5.32 Å². The van der Waals surface area contributed by atoms with E-state index in [2.05, 4.69) is 15.9 Å². The highest BCUT2D eigenvalue weighted by Crippen LogP contribution is 2.23. The van der Waals surface area contributed by atoms with Crippen LogP contribution in [0.1, 0.15) is 0 Å². The SMILES string of the molecule is O=C(NC=S(=O)=O)Oc1ccccc1Br. The number of amides is 1. The van der Waals surface area contributed by atoms with Crippen molar-refractivity contribution in [3.63, 3.8) is 0 Å². The third kappa shape index (κ3) is 4.13. The molecule has 0 fully saturated rings. The van der Waals surface area contributed by atoms with Gasteiger partial charge < -0.3 is 4.74 Å². The largest absolute Gasteiger partial charge is 0.417 e. The number of halogens is 1. The predicted octanol–water partition coefficient (Wildman–Crippen LogP) is 1.18. The van der Waals surface area contributed by atoms with Crippen molar-refractivity contribution in [3.05, 3.63) is 28.7 Å². The molecule has 0 saturated heterocycles. The lowest BCUT2D eigenvalue weighted by Crippen LogP contribution is -2.25. The second kappa shape index (κ2) is 5.52. The van der Waals surface area contributed by atoms with Gasteiger partial charge in [-0.1, -0.05) is 12.1 Å². The summed E-state index contributed by atoms with van der Waals surface area (Å²) in [4.78, 5) is 11.0. The summed E-state index contributed by atoms with van der Waals surface area (Å²) in [5, 5.41) is 1.94. The van der Waals surface area contributed by atoms with Gasteiger partial charge in [-0.15, -0.1) is 0 Å². The zero-order chi connectivity index (χ0) is 11.3. The van der Waals surface area contributed by atoms with Crippen molar-refractivity contribution in [1.29, 1.82) is 0 Å². The lowest BCUT2D eigenvalue weighted by Gasteiger charge is -2.03. The maximum atomic E-state index is 11.0. The third-order valence-electron chi connectivity index (χ3n) is 1.31. The van der Waals surface area contributed by atoms with Gasteiger partial charge >= 0.3 is 6.09 Å². The summed E-state index contributed by atoms with van der Waals surface area (Å²) in [5.74, 6) is 0.306. The van der Waals surface area contributed by atoms with Crippen LogP contribution in [0.4, 0.5) is 4.79 Å². The average molecular weight is 292 g/mol. The molecule has 0 atom stereocenters. The van der Waals surface area contributed by atoms with Crippen molar-refractivity contribution in [3.8, 4) is 5.75 Å². The van der Waals surface area contributed by atoms with Gasteiger partial charge in [-0.25, -0.2) is 4.79 Å². The Kier molecular flexibility index (Phi) is 4.32. The molecule has 0 aromatic heterocycles. The maximum absolute atomic E-state index is 11.0. The first kappa shape index (κ1) is 11.7. The molecule has 0 spiro atoms. The molecular formula is C8H6BrNO4S. The van der Waals surface area contributed by atoms with E-state index in [1.807, 2.05) is 5.32 Å². The van der Waals surface area contributed by atoms with Crippen LogP contribution in [0.5, 0.6) is 5.75 Å². The number of para-hydroxylation sites is 1. The summed E-state index contributed by atoms with van der Waals surface area (Å²) in [7, 11) is -2.45. The minimum absolute atomic E-state index is 0.306. The lowest BCUT2D eigenvalue weighted by atomic mass is 10.3. The topological polar surface area (TPSA) is 72.5 Å². The van der Waals surface area contributed by atoms with E-state index in [0.717, 1.165) is 0 Å². The minimum Gasteiger partial charge on any atom is -0.409 e. The zero-order valence-corrected chi connectivity index (χ0v) is 9.71. The van der Waals surface area contributed by atoms with Crippen LogP contribution >= 0.6 is 15.9 Å². The van der Waals surface area contributed by atoms with Gasteiger partial charge in [0.2, 0.25) is 10.3 Å². The predicted molar refractivity (Wildman–Crippen MR) is 58.3 cm³/mol. The van der Waals surface area contributed by atoms with E-state index in [4.69, 9.17) is 4.74 Å². The monoisotopic (exact) mass is 291 g/mol. The summed E-state index contributed by atoms with van der Waals surface area (Å²) in [6, 6.07) is 6.70. The van der Waals surface area contributed by atoms with Crippen molar-refractivity contribution in [2.24, 2.45) is 0 Å². The van der Waals surface area contributed by atoms with Crippen LogP contribution in [0.2, 0.25) is 0 Å². The van der Waals surface area contributed by atoms with Gasteiger partial charge in [-0.3, -0.25) is 5.32 Å². The smallest absolute Gasteiger partial charge is 0.409 e. The van der Waals surface area contributed by atoms with Crippen molar-refractivity contribution in [2.45, 2.75) is 0 Å². The number of carbonyl (C=O) groups excluding carboxylic acids is 1. The second-order valence-electron chi connectivity index (χ2n) is 2.34. The van der Waals surface area contributed by atoms with Crippen LogP contribution in [-0.2, 0) is 10.3 Å². The quantitative estimate of drug-likeness (QED) is 0.831. The van der Waals surface area contributed by atoms with Gasteiger partial charge in [0.25, 0.3) is 0 Å². The molecule has 1 amide bonds. The number of nitrogens with one attached hydrogen (secondary N) is 1. The van der Waals surface area contributed by atoms with Crippen LogP contribution in [0.15, 0.2) is 28.7 Å². The molecule has 5 nitrogen and oxygen atoms in total. The summed E-state index contributed by atoms with van der Waals surface area (Å²) in [5.41, 5.74) is 0.596. The molecule has 1 aromatic carbocycles. The lowest BCUT2D eigenvalue weighted by molar-refractivity contribution is 0.206. The molecule has 0 unspecified atom stereocenters. The van der Waals surface area contributed by atoms with E-state index < -0.39 is 16.4 Å². The molecule has 0 heterocycles. The molecule has 0 aliphatic rings. The minimum atomic E-state index is -2.45. The number of benzene rings is 1. The third-order valence-corrected chi connectivity index (χ3v) is 2.28. The fourth-order valence-corrected chi connectivity index (χ4v) is 1.31. The fourth-order valence-electron chi connectivity index (χ4n) is 0.753. The van der Waals surface area contributed by atoms with Crippen LogP contribution < -0.4 is 10.1 Å². The number of hydrogen-bond donors (Lipinski definition) is 1. The van der Waals surface area contributed by atoms with Crippen molar-refractivity contribution >= 4 is 37.8 Å².